The third-order valence-electron chi connectivity index (χ3n) is 3.75. The number of hydrogen-bond acceptors (Lipinski definition) is 5. The van der Waals surface area contributed by atoms with Crippen molar-refractivity contribution in [2.75, 3.05) is 11.9 Å². The van der Waals surface area contributed by atoms with E-state index in [4.69, 9.17) is 12.2 Å². The Bertz CT molecular complexity index is 975. The van der Waals surface area contributed by atoms with Gasteiger partial charge in [0.25, 0.3) is 5.91 Å². The minimum Gasteiger partial charge on any atom is -0.506 e. The summed E-state index contributed by atoms with van der Waals surface area (Å²) < 4.78 is 13.5. The molecule has 2 amide bonds. The lowest BCUT2D eigenvalue weighted by molar-refractivity contribution is -0.126. The molecule has 0 bridgehead atoms. The fourth-order valence-electron chi connectivity index (χ4n) is 2.47. The molecule has 2 N–H and O–H groups in total. The average molecular weight is 402 g/mol. The van der Waals surface area contributed by atoms with Gasteiger partial charge in [0.1, 0.15) is 22.4 Å². The number of hydrogen-bond donors (Lipinski definition) is 2. The van der Waals surface area contributed by atoms with Crippen LogP contribution in [0.3, 0.4) is 0 Å². The molecule has 0 atom stereocenters. The molecule has 0 aliphatic carbocycles. The first-order valence-corrected chi connectivity index (χ1v) is 9.16. The summed E-state index contributed by atoms with van der Waals surface area (Å²) in [6.45, 7) is 1.55. The molecule has 0 unspecified atom stereocenters. The zero-order chi connectivity index (χ0) is 19.6. The van der Waals surface area contributed by atoms with E-state index in [-0.39, 0.29) is 22.3 Å². The molecule has 2 aromatic rings. The number of phenols is 1. The largest absolute Gasteiger partial charge is 0.506 e. The number of halogens is 1. The Hall–Kier alpha value is -2.71. The van der Waals surface area contributed by atoms with Crippen molar-refractivity contribution in [3.8, 4) is 5.75 Å². The van der Waals surface area contributed by atoms with Crippen molar-refractivity contribution in [2.24, 2.45) is 0 Å². The van der Waals surface area contributed by atoms with Gasteiger partial charge in [0.05, 0.1) is 10.6 Å². The molecule has 138 valence electrons. The van der Waals surface area contributed by atoms with Crippen LogP contribution in [0.4, 0.5) is 10.1 Å². The SMILES string of the molecule is Cc1ccc(O)c(NC(=O)CN2C(=O)/C(=C/c3cccc(F)c3)SC2=S)c1. The number of thiocarbonyl (C=S) groups is 1. The van der Waals surface area contributed by atoms with Crippen LogP contribution in [0.2, 0.25) is 0 Å². The minimum absolute atomic E-state index is 0.0645. The van der Waals surface area contributed by atoms with E-state index in [9.17, 15) is 19.1 Å². The van der Waals surface area contributed by atoms with Gasteiger partial charge in [0.2, 0.25) is 5.91 Å². The van der Waals surface area contributed by atoms with E-state index in [0.29, 0.717) is 10.5 Å². The van der Waals surface area contributed by atoms with Crippen molar-refractivity contribution in [1.82, 2.24) is 4.90 Å². The standard InChI is InChI=1S/C19H15FN2O3S2/c1-11-5-6-15(23)14(7-11)21-17(24)10-22-18(25)16(27-19(22)26)9-12-3-2-4-13(20)8-12/h2-9,23H,10H2,1H3,(H,21,24)/b16-9-. The minimum atomic E-state index is -0.487. The number of thioether (sulfide) groups is 1. The Morgan fingerprint density at radius 2 is 2.11 bits per heavy atom. The molecule has 1 aliphatic rings. The van der Waals surface area contributed by atoms with E-state index in [1.165, 1.54) is 29.2 Å². The topological polar surface area (TPSA) is 69.6 Å². The predicted octanol–water partition coefficient (Wildman–Crippen LogP) is 3.68. The molecule has 0 aromatic heterocycles. The summed E-state index contributed by atoms with van der Waals surface area (Å²) in [4.78, 5) is 26.3. The maximum Gasteiger partial charge on any atom is 0.266 e. The van der Waals surface area contributed by atoms with Gasteiger partial charge in [-0.1, -0.05) is 42.2 Å². The summed E-state index contributed by atoms with van der Waals surface area (Å²) in [5.41, 5.74) is 1.66. The maximum absolute atomic E-state index is 13.3. The van der Waals surface area contributed by atoms with Gasteiger partial charge in [-0.3, -0.25) is 14.5 Å². The zero-order valence-electron chi connectivity index (χ0n) is 14.2. The molecular formula is C19H15FN2O3S2. The molecule has 0 saturated carbocycles. The zero-order valence-corrected chi connectivity index (χ0v) is 15.9. The number of anilines is 1. The fraction of sp³-hybridized carbons (Fsp3) is 0.105. The lowest BCUT2D eigenvalue weighted by Crippen LogP contribution is -2.36. The monoisotopic (exact) mass is 402 g/mol. The van der Waals surface area contributed by atoms with Crippen LogP contribution in [0.25, 0.3) is 6.08 Å². The number of rotatable bonds is 4. The van der Waals surface area contributed by atoms with Gasteiger partial charge < -0.3 is 10.4 Å². The Labute approximate surface area is 164 Å². The van der Waals surface area contributed by atoms with Gasteiger partial charge in [-0.2, -0.15) is 0 Å². The number of benzene rings is 2. The molecule has 27 heavy (non-hydrogen) atoms. The summed E-state index contributed by atoms with van der Waals surface area (Å²) in [6, 6.07) is 10.7. The van der Waals surface area contributed by atoms with E-state index in [2.05, 4.69) is 5.32 Å². The highest BCUT2D eigenvalue weighted by molar-refractivity contribution is 8.26. The highest BCUT2D eigenvalue weighted by Crippen LogP contribution is 2.32. The smallest absolute Gasteiger partial charge is 0.266 e. The van der Waals surface area contributed by atoms with Crippen LogP contribution in [-0.4, -0.2) is 32.7 Å². The lowest BCUT2D eigenvalue weighted by atomic mass is 10.2. The molecule has 1 aliphatic heterocycles. The van der Waals surface area contributed by atoms with Crippen LogP contribution in [-0.2, 0) is 9.59 Å². The third kappa shape index (κ3) is 4.53. The molecule has 0 spiro atoms. The van der Waals surface area contributed by atoms with E-state index in [1.54, 1.807) is 24.3 Å². The van der Waals surface area contributed by atoms with Crippen molar-refractivity contribution >= 4 is 51.9 Å². The number of carbonyl (C=O) groups excluding carboxylic acids is 2. The summed E-state index contributed by atoms with van der Waals surface area (Å²) >= 11 is 6.24. The number of nitrogens with zero attached hydrogens (tertiary/aromatic N) is 1. The summed E-state index contributed by atoms with van der Waals surface area (Å²) in [5, 5.41) is 12.4. The summed E-state index contributed by atoms with van der Waals surface area (Å²) in [5.74, 6) is -1.38. The van der Waals surface area contributed by atoms with Gasteiger partial charge >= 0.3 is 0 Å². The first-order chi connectivity index (χ1) is 12.8. The molecule has 1 saturated heterocycles. The number of phenolic OH excluding ortho intramolecular Hbond substituents is 1. The van der Waals surface area contributed by atoms with Crippen molar-refractivity contribution in [2.45, 2.75) is 6.92 Å². The number of aromatic hydroxyl groups is 1. The highest BCUT2D eigenvalue weighted by Gasteiger charge is 2.33. The van der Waals surface area contributed by atoms with Gasteiger partial charge in [-0.15, -0.1) is 0 Å². The maximum atomic E-state index is 13.3. The van der Waals surface area contributed by atoms with Crippen molar-refractivity contribution < 1.29 is 19.1 Å². The molecule has 1 heterocycles. The number of carbonyl (C=O) groups is 2. The second-order valence-electron chi connectivity index (χ2n) is 5.89. The molecular weight excluding hydrogens is 387 g/mol. The first-order valence-electron chi connectivity index (χ1n) is 7.94. The molecule has 5 nitrogen and oxygen atoms in total. The van der Waals surface area contributed by atoms with E-state index < -0.39 is 17.6 Å². The molecule has 2 aromatic carbocycles. The lowest BCUT2D eigenvalue weighted by Gasteiger charge is -2.15. The molecule has 1 fully saturated rings. The first kappa shape index (κ1) is 19.1. The van der Waals surface area contributed by atoms with E-state index >= 15 is 0 Å². The quantitative estimate of drug-likeness (QED) is 0.464. The van der Waals surface area contributed by atoms with Crippen molar-refractivity contribution in [3.63, 3.8) is 0 Å². The highest BCUT2D eigenvalue weighted by atomic mass is 32.2. The van der Waals surface area contributed by atoms with E-state index in [1.807, 2.05) is 6.92 Å². The average Bonchev–Trinajstić information content (AvgIpc) is 2.86. The van der Waals surface area contributed by atoms with Gasteiger partial charge in [0, 0.05) is 0 Å². The fourth-order valence-corrected chi connectivity index (χ4v) is 3.72. The van der Waals surface area contributed by atoms with Crippen LogP contribution in [0.5, 0.6) is 5.75 Å². The predicted molar refractivity (Wildman–Crippen MR) is 108 cm³/mol. The van der Waals surface area contributed by atoms with Crippen LogP contribution in [0, 0.1) is 12.7 Å². The second kappa shape index (κ2) is 7.89. The molecule has 3 rings (SSSR count). The third-order valence-corrected chi connectivity index (χ3v) is 5.13. The second-order valence-corrected chi connectivity index (χ2v) is 7.57. The molecule has 8 heteroatoms. The normalized spacial score (nSPS) is 15.5. The van der Waals surface area contributed by atoms with Gasteiger partial charge in [0.15, 0.2) is 0 Å². The Morgan fingerprint density at radius 3 is 2.85 bits per heavy atom. The summed E-state index contributed by atoms with van der Waals surface area (Å²) in [6.07, 6.45) is 1.53. The summed E-state index contributed by atoms with van der Waals surface area (Å²) in [7, 11) is 0. The van der Waals surface area contributed by atoms with Gasteiger partial charge in [-0.25, -0.2) is 4.39 Å². The van der Waals surface area contributed by atoms with Crippen LogP contribution >= 0.6 is 24.0 Å². The van der Waals surface area contributed by atoms with E-state index in [0.717, 1.165) is 17.3 Å². The van der Waals surface area contributed by atoms with Crippen LogP contribution in [0.1, 0.15) is 11.1 Å². The Balaban J connectivity index is 1.72. The number of aryl methyl sites for hydroxylation is 1. The van der Waals surface area contributed by atoms with Gasteiger partial charge in [-0.05, 0) is 48.4 Å². The Kier molecular flexibility index (Phi) is 5.57. The van der Waals surface area contributed by atoms with Crippen LogP contribution < -0.4 is 5.32 Å². The number of nitrogens with one attached hydrogen (secondary N) is 1. The Morgan fingerprint density at radius 1 is 1.33 bits per heavy atom. The number of amides is 2. The van der Waals surface area contributed by atoms with Crippen LogP contribution in [0.15, 0.2) is 47.4 Å². The van der Waals surface area contributed by atoms with Crippen molar-refractivity contribution in [3.05, 3.63) is 64.3 Å². The molecule has 0 radical (unpaired) electrons. The van der Waals surface area contributed by atoms with Crippen molar-refractivity contribution in [1.29, 1.82) is 0 Å².